The van der Waals surface area contributed by atoms with E-state index in [2.05, 4.69) is 13.5 Å². The first-order chi connectivity index (χ1) is 10.5. The molecule has 22 heavy (non-hydrogen) atoms. The third-order valence-corrected chi connectivity index (χ3v) is 3.58. The zero-order chi connectivity index (χ0) is 16.4. The van der Waals surface area contributed by atoms with E-state index in [1.54, 1.807) is 6.08 Å². The Labute approximate surface area is 132 Å². The first kappa shape index (κ1) is 18.4. The molecule has 1 aliphatic rings. The highest BCUT2D eigenvalue weighted by Crippen LogP contribution is 2.17. The molecular weight excluding hydrogens is 284 g/mol. The van der Waals surface area contributed by atoms with E-state index in [-0.39, 0.29) is 12.0 Å². The standard InChI is InChI=1S/C17H26O5/c1-3-4-5-8-14(16(18)19)11-10-13(2)17(20)22-15-9-6-7-12-21-15/h11,15H,2-10,12H2,1H3,(H,18,19). The molecule has 0 amide bonds. The number of allylic oxidation sites excluding steroid dienone is 1. The van der Waals surface area contributed by atoms with Gasteiger partial charge in [0, 0.05) is 17.6 Å². The Morgan fingerprint density at radius 1 is 1.36 bits per heavy atom. The van der Waals surface area contributed by atoms with E-state index in [1.807, 2.05) is 0 Å². The number of carbonyl (C=O) groups is 2. The van der Waals surface area contributed by atoms with Crippen molar-refractivity contribution in [3.63, 3.8) is 0 Å². The molecule has 1 fully saturated rings. The second-order valence-corrected chi connectivity index (χ2v) is 5.50. The lowest BCUT2D eigenvalue weighted by Gasteiger charge is -2.22. The summed E-state index contributed by atoms with van der Waals surface area (Å²) in [7, 11) is 0. The number of esters is 1. The Bertz CT molecular complexity index is 419. The second-order valence-electron chi connectivity index (χ2n) is 5.50. The van der Waals surface area contributed by atoms with Crippen LogP contribution in [0.5, 0.6) is 0 Å². The van der Waals surface area contributed by atoms with Gasteiger partial charge in [-0.3, -0.25) is 0 Å². The number of aliphatic carboxylic acids is 1. The Kier molecular flexibility index (Phi) is 8.51. The first-order valence-corrected chi connectivity index (χ1v) is 7.97. The molecule has 1 unspecified atom stereocenters. The monoisotopic (exact) mass is 310 g/mol. The molecule has 0 aromatic rings. The normalized spacial score (nSPS) is 18.8. The van der Waals surface area contributed by atoms with Gasteiger partial charge in [-0.05, 0) is 32.1 Å². The molecule has 0 aromatic carbocycles. The molecule has 0 aliphatic carbocycles. The molecule has 5 nitrogen and oxygen atoms in total. The molecule has 1 N–H and O–H groups in total. The molecule has 5 heteroatoms. The minimum Gasteiger partial charge on any atom is -0.478 e. The minimum atomic E-state index is -0.937. The molecule has 1 rings (SSSR count). The van der Waals surface area contributed by atoms with Crippen LogP contribution in [0.3, 0.4) is 0 Å². The summed E-state index contributed by atoms with van der Waals surface area (Å²) in [6, 6.07) is 0. The summed E-state index contributed by atoms with van der Waals surface area (Å²) in [4.78, 5) is 23.0. The molecule has 1 aliphatic heterocycles. The van der Waals surface area contributed by atoms with E-state index >= 15 is 0 Å². The molecule has 0 radical (unpaired) electrons. The quantitative estimate of drug-likeness (QED) is 0.400. The van der Waals surface area contributed by atoms with Crippen LogP contribution in [0.25, 0.3) is 0 Å². The number of hydrogen-bond acceptors (Lipinski definition) is 4. The zero-order valence-electron chi connectivity index (χ0n) is 13.3. The third-order valence-electron chi connectivity index (χ3n) is 3.58. The summed E-state index contributed by atoms with van der Waals surface area (Å²) in [5.41, 5.74) is 0.583. The predicted molar refractivity (Wildman–Crippen MR) is 83.3 cm³/mol. The van der Waals surface area contributed by atoms with Crippen molar-refractivity contribution in [2.24, 2.45) is 0 Å². The molecule has 0 spiro atoms. The maximum Gasteiger partial charge on any atom is 0.336 e. The highest BCUT2D eigenvalue weighted by molar-refractivity contribution is 5.89. The van der Waals surface area contributed by atoms with Crippen LogP contribution >= 0.6 is 0 Å². The second kappa shape index (κ2) is 10.2. The fourth-order valence-corrected chi connectivity index (χ4v) is 2.20. The molecule has 1 heterocycles. The average Bonchev–Trinajstić information content (AvgIpc) is 2.51. The number of carboxylic acid groups (broad SMARTS) is 1. The van der Waals surface area contributed by atoms with Gasteiger partial charge in [-0.2, -0.15) is 0 Å². The van der Waals surface area contributed by atoms with Crippen molar-refractivity contribution in [3.8, 4) is 0 Å². The largest absolute Gasteiger partial charge is 0.478 e. The number of hydrogen-bond donors (Lipinski definition) is 1. The molecule has 0 saturated carbocycles. The van der Waals surface area contributed by atoms with Gasteiger partial charge in [0.05, 0.1) is 6.61 Å². The Hall–Kier alpha value is -1.62. The fourth-order valence-electron chi connectivity index (χ4n) is 2.20. The van der Waals surface area contributed by atoms with Gasteiger partial charge in [0.1, 0.15) is 0 Å². The number of ether oxygens (including phenoxy) is 2. The Morgan fingerprint density at radius 2 is 2.14 bits per heavy atom. The van der Waals surface area contributed by atoms with Crippen molar-refractivity contribution >= 4 is 11.9 Å². The van der Waals surface area contributed by atoms with Gasteiger partial charge >= 0.3 is 11.9 Å². The van der Waals surface area contributed by atoms with E-state index in [9.17, 15) is 9.59 Å². The smallest absolute Gasteiger partial charge is 0.336 e. The molecule has 1 saturated heterocycles. The minimum absolute atomic E-state index is 0.194. The van der Waals surface area contributed by atoms with E-state index in [0.717, 1.165) is 32.1 Å². The van der Waals surface area contributed by atoms with Crippen LogP contribution in [0.2, 0.25) is 0 Å². The van der Waals surface area contributed by atoms with Gasteiger partial charge in [-0.15, -0.1) is 0 Å². The van der Waals surface area contributed by atoms with Crippen molar-refractivity contribution in [3.05, 3.63) is 23.8 Å². The highest BCUT2D eigenvalue weighted by Gasteiger charge is 2.19. The highest BCUT2D eigenvalue weighted by atomic mass is 16.7. The topological polar surface area (TPSA) is 72.8 Å². The number of carbonyl (C=O) groups excluding carboxylic acids is 1. The van der Waals surface area contributed by atoms with Gasteiger partial charge in [0.2, 0.25) is 6.29 Å². The molecule has 0 aromatic heterocycles. The van der Waals surface area contributed by atoms with Crippen LogP contribution < -0.4 is 0 Å². The van der Waals surface area contributed by atoms with Gasteiger partial charge in [0.25, 0.3) is 0 Å². The van der Waals surface area contributed by atoms with Crippen LogP contribution in [0.15, 0.2) is 23.8 Å². The summed E-state index contributed by atoms with van der Waals surface area (Å²) in [6.07, 6.45) is 7.29. The van der Waals surface area contributed by atoms with Crippen LogP contribution in [0.1, 0.15) is 58.3 Å². The van der Waals surface area contributed by atoms with E-state index < -0.39 is 18.2 Å². The Balaban J connectivity index is 2.44. The van der Waals surface area contributed by atoms with Gasteiger partial charge in [-0.25, -0.2) is 9.59 Å². The van der Waals surface area contributed by atoms with E-state index in [0.29, 0.717) is 25.0 Å². The predicted octanol–water partition coefficient (Wildman–Crippen LogP) is 3.59. The van der Waals surface area contributed by atoms with E-state index in [4.69, 9.17) is 14.6 Å². The molecule has 0 bridgehead atoms. The molecule has 1 atom stereocenters. The third kappa shape index (κ3) is 6.89. The molecule has 124 valence electrons. The van der Waals surface area contributed by atoms with Crippen molar-refractivity contribution in [2.45, 2.75) is 64.6 Å². The van der Waals surface area contributed by atoms with Gasteiger partial charge < -0.3 is 14.6 Å². The lowest BCUT2D eigenvalue weighted by atomic mass is 10.0. The summed E-state index contributed by atoms with van der Waals surface area (Å²) < 4.78 is 10.5. The van der Waals surface area contributed by atoms with Crippen LogP contribution in [-0.2, 0) is 19.1 Å². The van der Waals surface area contributed by atoms with Crippen molar-refractivity contribution in [1.82, 2.24) is 0 Å². The lowest BCUT2D eigenvalue weighted by molar-refractivity contribution is -0.182. The van der Waals surface area contributed by atoms with Crippen LogP contribution in [0.4, 0.5) is 0 Å². The maximum absolute atomic E-state index is 11.9. The van der Waals surface area contributed by atoms with Crippen LogP contribution in [0, 0.1) is 0 Å². The van der Waals surface area contributed by atoms with Gasteiger partial charge in [0.15, 0.2) is 0 Å². The summed E-state index contributed by atoms with van der Waals surface area (Å²) in [6.45, 7) is 6.35. The zero-order valence-corrected chi connectivity index (χ0v) is 13.3. The summed E-state index contributed by atoms with van der Waals surface area (Å²) in [5.74, 6) is -1.45. The summed E-state index contributed by atoms with van der Waals surface area (Å²) >= 11 is 0. The fraction of sp³-hybridized carbons (Fsp3) is 0.647. The van der Waals surface area contributed by atoms with Gasteiger partial charge in [-0.1, -0.05) is 32.4 Å². The van der Waals surface area contributed by atoms with Crippen molar-refractivity contribution in [2.75, 3.05) is 6.61 Å². The SMILES string of the molecule is C=C(CC=C(CCCCC)C(=O)O)C(=O)OC1CCCCO1. The van der Waals surface area contributed by atoms with Crippen molar-refractivity contribution < 1.29 is 24.2 Å². The summed E-state index contributed by atoms with van der Waals surface area (Å²) in [5, 5.41) is 9.15. The maximum atomic E-state index is 11.9. The first-order valence-electron chi connectivity index (χ1n) is 7.97. The van der Waals surface area contributed by atoms with Crippen LogP contribution in [-0.4, -0.2) is 29.9 Å². The Morgan fingerprint density at radius 3 is 2.73 bits per heavy atom. The number of unbranched alkanes of at least 4 members (excludes halogenated alkanes) is 2. The number of rotatable bonds is 9. The molecular formula is C17H26O5. The van der Waals surface area contributed by atoms with E-state index in [1.165, 1.54) is 0 Å². The average molecular weight is 310 g/mol. The van der Waals surface area contributed by atoms with Crippen molar-refractivity contribution in [1.29, 1.82) is 0 Å². The lowest BCUT2D eigenvalue weighted by Crippen LogP contribution is -2.25. The number of carboxylic acids is 1.